The molecule has 0 heterocycles. The molecule has 0 aromatic rings. The fraction of sp³-hybridized carbons (Fsp3) is 0.733. The molecule has 86 valence electrons. The van der Waals surface area contributed by atoms with E-state index in [1.165, 1.54) is 51.4 Å². The van der Waals surface area contributed by atoms with E-state index in [0.29, 0.717) is 0 Å². The molecule has 0 heteroatoms. The summed E-state index contributed by atoms with van der Waals surface area (Å²) in [4.78, 5) is 0. The van der Waals surface area contributed by atoms with Gasteiger partial charge in [0.05, 0.1) is 0 Å². The van der Waals surface area contributed by atoms with E-state index in [1.54, 1.807) is 5.57 Å². The Labute approximate surface area is 95.5 Å². The fourth-order valence-electron chi connectivity index (χ4n) is 2.34. The molecule has 0 aromatic heterocycles. The highest BCUT2D eigenvalue weighted by molar-refractivity contribution is 5.17. The van der Waals surface area contributed by atoms with Crippen molar-refractivity contribution in [3.05, 3.63) is 23.8 Å². The number of allylic oxidation sites excluding steroid dienone is 4. The second-order valence-corrected chi connectivity index (χ2v) is 4.93. The maximum Gasteiger partial charge on any atom is -0.0282 e. The molecule has 0 spiro atoms. The zero-order valence-corrected chi connectivity index (χ0v) is 10.5. The molecule has 0 saturated heterocycles. The maximum atomic E-state index is 2.39. The van der Waals surface area contributed by atoms with E-state index >= 15 is 0 Å². The summed E-state index contributed by atoms with van der Waals surface area (Å²) in [6, 6.07) is 0. The molecule has 0 radical (unpaired) electrons. The number of hydrogen-bond acceptors (Lipinski definition) is 0. The normalized spacial score (nSPS) is 17.6. The summed E-state index contributed by atoms with van der Waals surface area (Å²) in [5.74, 6) is 0.940. The topological polar surface area (TPSA) is 0 Å². The van der Waals surface area contributed by atoms with Gasteiger partial charge in [0.2, 0.25) is 0 Å². The van der Waals surface area contributed by atoms with Gasteiger partial charge in [-0.05, 0) is 31.6 Å². The molecular weight excluding hydrogens is 180 g/mol. The summed E-state index contributed by atoms with van der Waals surface area (Å²) in [6.45, 7) is 4.68. The lowest BCUT2D eigenvalue weighted by molar-refractivity contribution is 0.460. The van der Waals surface area contributed by atoms with Gasteiger partial charge in [-0.25, -0.2) is 0 Å². The van der Waals surface area contributed by atoms with Crippen molar-refractivity contribution >= 4 is 0 Å². The molecule has 0 N–H and O–H groups in total. The van der Waals surface area contributed by atoms with Gasteiger partial charge in [0, 0.05) is 0 Å². The Balaban J connectivity index is 2.01. The van der Waals surface area contributed by atoms with Crippen molar-refractivity contribution in [2.75, 3.05) is 0 Å². The smallest absolute Gasteiger partial charge is 0.0282 e. The molecule has 1 atom stereocenters. The summed E-state index contributed by atoms with van der Waals surface area (Å²) < 4.78 is 0. The summed E-state index contributed by atoms with van der Waals surface area (Å²) in [5, 5.41) is 0. The van der Waals surface area contributed by atoms with Gasteiger partial charge in [-0.2, -0.15) is 0 Å². The summed E-state index contributed by atoms with van der Waals surface area (Å²) in [6.07, 6.45) is 17.7. The molecule has 0 bridgehead atoms. The zero-order chi connectivity index (χ0) is 10.9. The van der Waals surface area contributed by atoms with E-state index < -0.39 is 0 Å². The molecule has 0 fully saturated rings. The highest BCUT2D eigenvalue weighted by atomic mass is 14.1. The predicted molar refractivity (Wildman–Crippen MR) is 69.0 cm³/mol. The molecule has 0 nitrogen and oxygen atoms in total. The minimum Gasteiger partial charge on any atom is -0.0842 e. The summed E-state index contributed by atoms with van der Waals surface area (Å²) in [7, 11) is 0. The fourth-order valence-corrected chi connectivity index (χ4v) is 2.34. The van der Waals surface area contributed by atoms with E-state index in [4.69, 9.17) is 0 Å². The predicted octanol–water partition coefficient (Wildman–Crippen LogP) is 5.26. The minimum absolute atomic E-state index is 0.940. The first-order valence-corrected chi connectivity index (χ1v) is 6.67. The maximum absolute atomic E-state index is 2.39. The van der Waals surface area contributed by atoms with Crippen LogP contribution in [0.3, 0.4) is 0 Å². The quantitative estimate of drug-likeness (QED) is 0.498. The molecule has 15 heavy (non-hydrogen) atoms. The van der Waals surface area contributed by atoms with Crippen LogP contribution in [-0.4, -0.2) is 0 Å². The largest absolute Gasteiger partial charge is 0.0842 e. The third-order valence-electron chi connectivity index (χ3n) is 3.33. The molecule has 0 aliphatic heterocycles. The van der Waals surface area contributed by atoms with Gasteiger partial charge in [0.25, 0.3) is 0 Å². The lowest BCUT2D eigenvalue weighted by Gasteiger charge is -2.11. The van der Waals surface area contributed by atoms with Crippen LogP contribution >= 0.6 is 0 Å². The van der Waals surface area contributed by atoms with Crippen molar-refractivity contribution in [1.29, 1.82) is 0 Å². The van der Waals surface area contributed by atoms with Crippen LogP contribution in [0.15, 0.2) is 23.8 Å². The van der Waals surface area contributed by atoms with Crippen LogP contribution in [0, 0.1) is 5.92 Å². The first-order chi connectivity index (χ1) is 7.33. The summed E-state index contributed by atoms with van der Waals surface area (Å²) >= 11 is 0. The number of unbranched alkanes of at least 4 members (excludes halogenated alkanes) is 1. The minimum atomic E-state index is 0.940. The van der Waals surface area contributed by atoms with Crippen LogP contribution in [0.25, 0.3) is 0 Å². The molecule has 1 unspecified atom stereocenters. The van der Waals surface area contributed by atoms with Crippen molar-refractivity contribution in [2.24, 2.45) is 5.92 Å². The van der Waals surface area contributed by atoms with E-state index in [1.807, 2.05) is 0 Å². The van der Waals surface area contributed by atoms with Crippen LogP contribution in [0.2, 0.25) is 0 Å². The van der Waals surface area contributed by atoms with Crippen molar-refractivity contribution in [3.63, 3.8) is 0 Å². The third-order valence-corrected chi connectivity index (χ3v) is 3.33. The first kappa shape index (κ1) is 12.5. The van der Waals surface area contributed by atoms with Crippen LogP contribution in [0.5, 0.6) is 0 Å². The van der Waals surface area contributed by atoms with Crippen LogP contribution < -0.4 is 0 Å². The monoisotopic (exact) mass is 206 g/mol. The average Bonchev–Trinajstić information content (AvgIpc) is 2.26. The lowest BCUT2D eigenvalue weighted by Crippen LogP contribution is -1.94. The standard InChI is InChI=1S/C15H26/c1-3-9-14(2)10-7-8-13-15-11-5-4-6-12-15/h4-5,11,14H,3,6-10,12-13H2,1-2H3. The first-order valence-electron chi connectivity index (χ1n) is 6.67. The van der Waals surface area contributed by atoms with Crippen LogP contribution in [0.4, 0.5) is 0 Å². The van der Waals surface area contributed by atoms with E-state index in [-0.39, 0.29) is 0 Å². The Kier molecular flexibility index (Phi) is 6.47. The Morgan fingerprint density at radius 1 is 1.27 bits per heavy atom. The Morgan fingerprint density at radius 3 is 2.80 bits per heavy atom. The number of rotatable bonds is 7. The average molecular weight is 206 g/mol. The molecule has 0 saturated carbocycles. The van der Waals surface area contributed by atoms with Crippen LogP contribution in [0.1, 0.15) is 65.2 Å². The van der Waals surface area contributed by atoms with Crippen molar-refractivity contribution in [1.82, 2.24) is 0 Å². The molecule has 1 rings (SSSR count). The van der Waals surface area contributed by atoms with Gasteiger partial charge in [-0.3, -0.25) is 0 Å². The molecule has 0 aromatic carbocycles. The Morgan fingerprint density at radius 2 is 2.13 bits per heavy atom. The summed E-state index contributed by atoms with van der Waals surface area (Å²) in [5.41, 5.74) is 1.67. The lowest BCUT2D eigenvalue weighted by atomic mass is 9.95. The van der Waals surface area contributed by atoms with Gasteiger partial charge in [-0.1, -0.05) is 63.3 Å². The second-order valence-electron chi connectivity index (χ2n) is 4.93. The van der Waals surface area contributed by atoms with Crippen molar-refractivity contribution in [3.8, 4) is 0 Å². The molecule has 1 aliphatic rings. The second kappa shape index (κ2) is 7.73. The third kappa shape index (κ3) is 5.81. The highest BCUT2D eigenvalue weighted by Gasteiger charge is 2.02. The molecule has 1 aliphatic carbocycles. The number of hydrogen-bond donors (Lipinski definition) is 0. The Hall–Kier alpha value is -0.520. The highest BCUT2D eigenvalue weighted by Crippen LogP contribution is 2.20. The SMILES string of the molecule is CCCC(C)CCCCC1=CC=CCC1. The van der Waals surface area contributed by atoms with Gasteiger partial charge >= 0.3 is 0 Å². The van der Waals surface area contributed by atoms with Gasteiger partial charge in [-0.15, -0.1) is 0 Å². The van der Waals surface area contributed by atoms with Crippen LogP contribution in [-0.2, 0) is 0 Å². The van der Waals surface area contributed by atoms with Crippen molar-refractivity contribution in [2.45, 2.75) is 65.2 Å². The molecular formula is C15H26. The van der Waals surface area contributed by atoms with Crippen molar-refractivity contribution < 1.29 is 0 Å². The molecule has 0 amide bonds. The van der Waals surface area contributed by atoms with E-state index in [0.717, 1.165) is 5.92 Å². The zero-order valence-electron chi connectivity index (χ0n) is 10.5. The van der Waals surface area contributed by atoms with E-state index in [9.17, 15) is 0 Å². The van der Waals surface area contributed by atoms with Gasteiger partial charge in [0.15, 0.2) is 0 Å². The van der Waals surface area contributed by atoms with Gasteiger partial charge in [0.1, 0.15) is 0 Å². The Bertz CT molecular complexity index is 210. The van der Waals surface area contributed by atoms with Gasteiger partial charge < -0.3 is 0 Å². The van der Waals surface area contributed by atoms with E-state index in [2.05, 4.69) is 32.1 Å².